The SMILES string of the molecule is Cc1ccc(C)c(COC(=O)CCC(=O)c2ccc(C)s2)c1. The molecule has 0 aliphatic rings. The first-order valence-corrected chi connectivity index (χ1v) is 8.09. The van der Waals surface area contributed by atoms with Gasteiger partial charge in [0.2, 0.25) is 0 Å². The maximum Gasteiger partial charge on any atom is 0.306 e. The molecule has 3 nitrogen and oxygen atoms in total. The zero-order valence-corrected chi connectivity index (χ0v) is 14.0. The molecule has 0 saturated heterocycles. The average Bonchev–Trinajstić information content (AvgIpc) is 2.92. The first kappa shape index (κ1) is 16.4. The molecule has 0 atom stereocenters. The third kappa shape index (κ3) is 4.53. The highest BCUT2D eigenvalue weighted by atomic mass is 32.1. The second kappa shape index (κ2) is 7.36. The van der Waals surface area contributed by atoms with Gasteiger partial charge in [-0.05, 0) is 44.0 Å². The number of ketones is 1. The zero-order chi connectivity index (χ0) is 16.1. The molecule has 2 aromatic rings. The number of thiophene rings is 1. The van der Waals surface area contributed by atoms with Crippen LogP contribution in [-0.4, -0.2) is 11.8 Å². The minimum Gasteiger partial charge on any atom is -0.461 e. The molecule has 116 valence electrons. The van der Waals surface area contributed by atoms with E-state index in [9.17, 15) is 9.59 Å². The van der Waals surface area contributed by atoms with Gasteiger partial charge in [-0.25, -0.2) is 0 Å². The highest BCUT2D eigenvalue weighted by Crippen LogP contribution is 2.18. The van der Waals surface area contributed by atoms with Crippen LogP contribution in [0, 0.1) is 20.8 Å². The van der Waals surface area contributed by atoms with E-state index in [1.807, 2.05) is 51.1 Å². The van der Waals surface area contributed by atoms with Crippen LogP contribution in [0.2, 0.25) is 0 Å². The fourth-order valence-corrected chi connectivity index (χ4v) is 2.94. The first-order valence-electron chi connectivity index (χ1n) is 7.27. The summed E-state index contributed by atoms with van der Waals surface area (Å²) < 4.78 is 5.27. The van der Waals surface area contributed by atoms with Crippen molar-refractivity contribution in [3.8, 4) is 0 Å². The molecule has 2 rings (SSSR count). The Morgan fingerprint density at radius 1 is 1.05 bits per heavy atom. The van der Waals surface area contributed by atoms with E-state index < -0.39 is 0 Å². The van der Waals surface area contributed by atoms with Crippen molar-refractivity contribution in [1.82, 2.24) is 0 Å². The molecule has 0 spiro atoms. The lowest BCUT2D eigenvalue weighted by Crippen LogP contribution is -2.08. The third-order valence-electron chi connectivity index (χ3n) is 3.46. The Morgan fingerprint density at radius 3 is 2.50 bits per heavy atom. The summed E-state index contributed by atoms with van der Waals surface area (Å²) in [5.41, 5.74) is 3.25. The van der Waals surface area contributed by atoms with Gasteiger partial charge in [0.1, 0.15) is 6.61 Å². The van der Waals surface area contributed by atoms with Crippen molar-refractivity contribution >= 4 is 23.1 Å². The van der Waals surface area contributed by atoms with Gasteiger partial charge in [-0.15, -0.1) is 11.3 Å². The fourth-order valence-electron chi connectivity index (χ4n) is 2.11. The maximum atomic E-state index is 11.9. The molecule has 0 N–H and O–H groups in total. The van der Waals surface area contributed by atoms with Gasteiger partial charge in [0.05, 0.1) is 11.3 Å². The largest absolute Gasteiger partial charge is 0.461 e. The average molecular weight is 316 g/mol. The molecule has 1 aromatic heterocycles. The summed E-state index contributed by atoms with van der Waals surface area (Å²) in [6, 6.07) is 9.78. The van der Waals surface area contributed by atoms with Crippen molar-refractivity contribution < 1.29 is 14.3 Å². The molecule has 1 aromatic carbocycles. The lowest BCUT2D eigenvalue weighted by Gasteiger charge is -2.08. The molecule has 0 fully saturated rings. The van der Waals surface area contributed by atoms with Crippen molar-refractivity contribution in [3.63, 3.8) is 0 Å². The summed E-state index contributed by atoms with van der Waals surface area (Å²) in [4.78, 5) is 25.5. The van der Waals surface area contributed by atoms with Crippen molar-refractivity contribution in [1.29, 1.82) is 0 Å². The second-order valence-electron chi connectivity index (χ2n) is 5.42. The number of rotatable bonds is 6. The summed E-state index contributed by atoms with van der Waals surface area (Å²) in [5, 5.41) is 0. The van der Waals surface area contributed by atoms with Gasteiger partial charge in [-0.2, -0.15) is 0 Å². The highest BCUT2D eigenvalue weighted by Gasteiger charge is 2.12. The summed E-state index contributed by atoms with van der Waals surface area (Å²) in [6.07, 6.45) is 0.326. The zero-order valence-electron chi connectivity index (χ0n) is 13.1. The Kier molecular flexibility index (Phi) is 5.50. The number of esters is 1. The van der Waals surface area contributed by atoms with Gasteiger partial charge < -0.3 is 4.74 Å². The van der Waals surface area contributed by atoms with E-state index in [0.717, 1.165) is 21.6 Å². The Bertz CT molecular complexity index is 685. The van der Waals surface area contributed by atoms with Crippen LogP contribution in [0.25, 0.3) is 0 Å². The maximum absolute atomic E-state index is 11.9. The molecule has 0 aliphatic heterocycles. The Labute approximate surface area is 134 Å². The van der Waals surface area contributed by atoms with Crippen molar-refractivity contribution in [2.24, 2.45) is 0 Å². The van der Waals surface area contributed by atoms with Crippen LogP contribution >= 0.6 is 11.3 Å². The van der Waals surface area contributed by atoms with Gasteiger partial charge in [0.15, 0.2) is 5.78 Å². The molecule has 0 saturated carbocycles. The molecule has 0 radical (unpaired) electrons. The number of aryl methyl sites for hydroxylation is 3. The van der Waals surface area contributed by atoms with Crippen LogP contribution in [-0.2, 0) is 16.1 Å². The molecular weight excluding hydrogens is 296 g/mol. The number of hydrogen-bond donors (Lipinski definition) is 0. The van der Waals surface area contributed by atoms with Gasteiger partial charge >= 0.3 is 5.97 Å². The Morgan fingerprint density at radius 2 is 1.82 bits per heavy atom. The topological polar surface area (TPSA) is 43.4 Å². The summed E-state index contributed by atoms with van der Waals surface area (Å²) >= 11 is 1.46. The van der Waals surface area contributed by atoms with Crippen LogP contribution in [0.4, 0.5) is 0 Å². The molecule has 22 heavy (non-hydrogen) atoms. The van der Waals surface area contributed by atoms with E-state index in [4.69, 9.17) is 4.74 Å². The number of carbonyl (C=O) groups excluding carboxylic acids is 2. The van der Waals surface area contributed by atoms with Crippen LogP contribution in [0.1, 0.15) is 44.1 Å². The minimum absolute atomic E-state index is 0.00165. The normalized spacial score (nSPS) is 10.5. The number of hydrogen-bond acceptors (Lipinski definition) is 4. The first-order chi connectivity index (χ1) is 10.5. The molecule has 4 heteroatoms. The molecular formula is C18H20O3S. The quantitative estimate of drug-likeness (QED) is 0.587. The predicted octanol–water partition coefficient (Wildman–Crippen LogP) is 4.38. The summed E-state index contributed by atoms with van der Waals surface area (Å²) in [6.45, 7) is 6.22. The predicted molar refractivity (Wildman–Crippen MR) is 88.3 cm³/mol. The van der Waals surface area contributed by atoms with Crippen molar-refractivity contribution in [3.05, 3.63) is 56.8 Å². The Hall–Kier alpha value is -1.94. The minimum atomic E-state index is -0.331. The van der Waals surface area contributed by atoms with E-state index in [1.54, 1.807) is 0 Å². The standard InChI is InChI=1S/C18H20O3S/c1-12-4-5-13(2)15(10-12)11-21-18(20)9-7-16(19)17-8-6-14(3)22-17/h4-6,8,10H,7,9,11H2,1-3H3. The lowest BCUT2D eigenvalue weighted by atomic mass is 10.1. The van der Waals surface area contributed by atoms with Crippen LogP contribution in [0.5, 0.6) is 0 Å². The van der Waals surface area contributed by atoms with E-state index in [-0.39, 0.29) is 31.2 Å². The van der Waals surface area contributed by atoms with E-state index in [2.05, 4.69) is 0 Å². The lowest BCUT2D eigenvalue weighted by molar-refractivity contribution is -0.144. The third-order valence-corrected chi connectivity index (χ3v) is 4.51. The van der Waals surface area contributed by atoms with Crippen molar-refractivity contribution in [2.75, 3.05) is 0 Å². The van der Waals surface area contributed by atoms with Gasteiger partial charge in [0.25, 0.3) is 0 Å². The summed E-state index contributed by atoms with van der Waals surface area (Å²) in [7, 11) is 0. The van der Waals surface area contributed by atoms with Crippen LogP contribution in [0.15, 0.2) is 30.3 Å². The van der Waals surface area contributed by atoms with E-state index in [0.29, 0.717) is 4.88 Å². The fraction of sp³-hybridized carbons (Fsp3) is 0.333. The Balaban J connectivity index is 1.81. The smallest absolute Gasteiger partial charge is 0.306 e. The van der Waals surface area contributed by atoms with Crippen LogP contribution < -0.4 is 0 Å². The van der Waals surface area contributed by atoms with Crippen molar-refractivity contribution in [2.45, 2.75) is 40.2 Å². The molecule has 0 aliphatic carbocycles. The monoisotopic (exact) mass is 316 g/mol. The van der Waals surface area contributed by atoms with E-state index >= 15 is 0 Å². The van der Waals surface area contributed by atoms with Gasteiger partial charge in [0, 0.05) is 11.3 Å². The molecule has 0 amide bonds. The second-order valence-corrected chi connectivity index (χ2v) is 6.71. The number of benzene rings is 1. The van der Waals surface area contributed by atoms with Gasteiger partial charge in [-0.3, -0.25) is 9.59 Å². The highest BCUT2D eigenvalue weighted by molar-refractivity contribution is 7.14. The molecule has 1 heterocycles. The van der Waals surface area contributed by atoms with E-state index in [1.165, 1.54) is 11.3 Å². The van der Waals surface area contributed by atoms with Gasteiger partial charge in [-0.1, -0.05) is 23.8 Å². The summed E-state index contributed by atoms with van der Waals surface area (Å²) in [5.74, 6) is -0.329. The molecule has 0 bridgehead atoms. The number of ether oxygens (including phenoxy) is 1. The number of Topliss-reactive ketones (excluding diaryl/α,β-unsaturated/α-hetero) is 1. The number of carbonyl (C=O) groups is 2. The van der Waals surface area contributed by atoms with Crippen LogP contribution in [0.3, 0.4) is 0 Å². The molecule has 0 unspecified atom stereocenters.